The van der Waals surface area contributed by atoms with Gasteiger partial charge in [0, 0.05) is 0 Å². The molecule has 24 heavy (non-hydrogen) atoms. The first-order valence-electron chi connectivity index (χ1n) is 7.29. The van der Waals surface area contributed by atoms with Crippen molar-refractivity contribution in [2.75, 3.05) is 26.1 Å². The minimum absolute atomic E-state index is 0.315. The molecule has 1 N–H and O–H groups in total. The summed E-state index contributed by atoms with van der Waals surface area (Å²) >= 11 is 0. The number of hydrogen-bond donors (Lipinski definition) is 1. The molecule has 0 atom stereocenters. The monoisotopic (exact) mass is 329 g/mol. The highest BCUT2D eigenvalue weighted by Gasteiger charge is 2.13. The predicted molar refractivity (Wildman–Crippen MR) is 89.6 cm³/mol. The van der Waals surface area contributed by atoms with E-state index in [0.29, 0.717) is 22.7 Å². The number of benzene rings is 2. The van der Waals surface area contributed by atoms with Crippen LogP contribution in [0.15, 0.2) is 42.5 Å². The fraction of sp³-hybridized carbons (Fsp3) is 0.222. The highest BCUT2D eigenvalue weighted by atomic mass is 16.5. The summed E-state index contributed by atoms with van der Waals surface area (Å²) in [7, 11) is 3.02. The Bertz CT molecular complexity index is 742. The van der Waals surface area contributed by atoms with E-state index < -0.39 is 18.5 Å². The van der Waals surface area contributed by atoms with Crippen LogP contribution in [0.1, 0.15) is 15.9 Å². The molecule has 0 unspecified atom stereocenters. The Balaban J connectivity index is 1.95. The Kier molecular flexibility index (Phi) is 5.78. The van der Waals surface area contributed by atoms with E-state index in [1.807, 2.05) is 13.0 Å². The van der Waals surface area contributed by atoms with Gasteiger partial charge in [0.25, 0.3) is 5.91 Å². The quantitative estimate of drug-likeness (QED) is 0.825. The van der Waals surface area contributed by atoms with Crippen molar-refractivity contribution < 1.29 is 23.8 Å². The molecule has 0 bridgehead atoms. The molecular weight excluding hydrogens is 310 g/mol. The van der Waals surface area contributed by atoms with Crippen molar-refractivity contribution in [2.45, 2.75) is 6.92 Å². The fourth-order valence-corrected chi connectivity index (χ4v) is 2.07. The lowest BCUT2D eigenvalue weighted by Crippen LogP contribution is -2.21. The zero-order valence-corrected chi connectivity index (χ0v) is 13.8. The summed E-state index contributed by atoms with van der Waals surface area (Å²) in [5, 5.41) is 2.67. The van der Waals surface area contributed by atoms with Gasteiger partial charge in [0.1, 0.15) is 11.5 Å². The van der Waals surface area contributed by atoms with Crippen molar-refractivity contribution in [1.29, 1.82) is 0 Å². The summed E-state index contributed by atoms with van der Waals surface area (Å²) in [5.41, 5.74) is 1.81. The first-order valence-corrected chi connectivity index (χ1v) is 7.29. The SMILES string of the molecule is COc1cccc(C(=O)OCC(=O)Nc2cc(C)ccc2OC)c1. The standard InChI is InChI=1S/C18H19NO5/c1-12-7-8-16(23-3)15(9-12)19-17(20)11-24-18(21)13-5-4-6-14(10-13)22-2/h4-10H,11H2,1-3H3,(H,19,20). The first-order chi connectivity index (χ1) is 11.5. The van der Waals surface area contributed by atoms with E-state index in [4.69, 9.17) is 14.2 Å². The zero-order valence-electron chi connectivity index (χ0n) is 13.8. The second-order valence-corrected chi connectivity index (χ2v) is 5.06. The van der Waals surface area contributed by atoms with Crippen molar-refractivity contribution in [3.05, 3.63) is 53.6 Å². The van der Waals surface area contributed by atoms with Gasteiger partial charge in [0.05, 0.1) is 25.5 Å². The van der Waals surface area contributed by atoms with E-state index in [2.05, 4.69) is 5.32 Å². The van der Waals surface area contributed by atoms with Crippen LogP contribution in [0.25, 0.3) is 0 Å². The van der Waals surface area contributed by atoms with Gasteiger partial charge >= 0.3 is 5.97 Å². The lowest BCUT2D eigenvalue weighted by molar-refractivity contribution is -0.119. The lowest BCUT2D eigenvalue weighted by atomic mass is 10.2. The number of hydrogen-bond acceptors (Lipinski definition) is 5. The van der Waals surface area contributed by atoms with Crippen LogP contribution >= 0.6 is 0 Å². The van der Waals surface area contributed by atoms with E-state index in [1.165, 1.54) is 14.2 Å². The van der Waals surface area contributed by atoms with Crippen molar-refractivity contribution >= 4 is 17.6 Å². The van der Waals surface area contributed by atoms with Gasteiger partial charge in [-0.3, -0.25) is 4.79 Å². The maximum atomic E-state index is 12.0. The largest absolute Gasteiger partial charge is 0.497 e. The smallest absolute Gasteiger partial charge is 0.338 e. The maximum absolute atomic E-state index is 12.0. The number of amides is 1. The van der Waals surface area contributed by atoms with E-state index in [9.17, 15) is 9.59 Å². The van der Waals surface area contributed by atoms with Crippen LogP contribution in [0.2, 0.25) is 0 Å². The highest BCUT2D eigenvalue weighted by molar-refractivity contribution is 5.96. The highest BCUT2D eigenvalue weighted by Crippen LogP contribution is 2.25. The predicted octanol–water partition coefficient (Wildman–Crippen LogP) is 2.81. The third-order valence-electron chi connectivity index (χ3n) is 3.27. The van der Waals surface area contributed by atoms with Gasteiger partial charge in [-0.15, -0.1) is 0 Å². The molecule has 0 radical (unpaired) electrons. The molecular formula is C18H19NO5. The Morgan fingerprint density at radius 3 is 2.54 bits per heavy atom. The molecule has 1 amide bonds. The number of anilines is 1. The van der Waals surface area contributed by atoms with E-state index in [-0.39, 0.29) is 0 Å². The molecule has 0 saturated heterocycles. The van der Waals surface area contributed by atoms with Crippen LogP contribution in [0.4, 0.5) is 5.69 Å². The van der Waals surface area contributed by atoms with Crippen LogP contribution in [0, 0.1) is 6.92 Å². The molecule has 0 fully saturated rings. The third-order valence-corrected chi connectivity index (χ3v) is 3.27. The van der Waals surface area contributed by atoms with Gasteiger partial charge in [0.15, 0.2) is 6.61 Å². The third kappa shape index (κ3) is 4.49. The average molecular weight is 329 g/mol. The molecule has 0 aliphatic heterocycles. The van der Waals surface area contributed by atoms with Crippen molar-refractivity contribution in [1.82, 2.24) is 0 Å². The number of carbonyl (C=O) groups is 2. The van der Waals surface area contributed by atoms with Crippen LogP contribution < -0.4 is 14.8 Å². The number of methoxy groups -OCH3 is 2. The minimum atomic E-state index is -0.597. The molecule has 0 aliphatic carbocycles. The molecule has 6 nitrogen and oxygen atoms in total. The number of esters is 1. The topological polar surface area (TPSA) is 73.9 Å². The summed E-state index contributed by atoms with van der Waals surface area (Å²) in [6.45, 7) is 1.51. The average Bonchev–Trinajstić information content (AvgIpc) is 2.60. The minimum Gasteiger partial charge on any atom is -0.497 e. The van der Waals surface area contributed by atoms with E-state index in [0.717, 1.165) is 5.56 Å². The van der Waals surface area contributed by atoms with Crippen LogP contribution in [0.5, 0.6) is 11.5 Å². The summed E-state index contributed by atoms with van der Waals surface area (Å²) in [6, 6.07) is 11.9. The number of ether oxygens (including phenoxy) is 3. The molecule has 0 aliphatic rings. The summed E-state index contributed by atoms with van der Waals surface area (Å²) in [6.07, 6.45) is 0. The second-order valence-electron chi connectivity index (χ2n) is 5.06. The number of aryl methyl sites for hydroxylation is 1. The van der Waals surface area contributed by atoms with Crippen LogP contribution in [-0.2, 0) is 9.53 Å². The van der Waals surface area contributed by atoms with Gasteiger partial charge in [-0.1, -0.05) is 12.1 Å². The second kappa shape index (κ2) is 8.01. The summed E-state index contributed by atoms with van der Waals surface area (Å²) < 4.78 is 15.2. The van der Waals surface area contributed by atoms with Gasteiger partial charge in [0.2, 0.25) is 0 Å². The molecule has 2 aromatic carbocycles. The van der Waals surface area contributed by atoms with Gasteiger partial charge < -0.3 is 19.5 Å². The number of rotatable bonds is 6. The van der Waals surface area contributed by atoms with E-state index in [1.54, 1.807) is 36.4 Å². The number of nitrogens with one attached hydrogen (secondary N) is 1. The van der Waals surface area contributed by atoms with Gasteiger partial charge in [-0.2, -0.15) is 0 Å². The first kappa shape index (κ1) is 17.3. The maximum Gasteiger partial charge on any atom is 0.338 e. The molecule has 6 heteroatoms. The molecule has 0 saturated carbocycles. The van der Waals surface area contributed by atoms with Gasteiger partial charge in [-0.25, -0.2) is 4.79 Å². The summed E-state index contributed by atoms with van der Waals surface area (Å²) in [4.78, 5) is 23.9. The van der Waals surface area contributed by atoms with Crippen molar-refractivity contribution in [3.63, 3.8) is 0 Å². The lowest BCUT2D eigenvalue weighted by Gasteiger charge is -2.11. The van der Waals surface area contributed by atoms with E-state index >= 15 is 0 Å². The fourth-order valence-electron chi connectivity index (χ4n) is 2.07. The zero-order chi connectivity index (χ0) is 17.5. The molecule has 0 spiro atoms. The number of carbonyl (C=O) groups excluding carboxylic acids is 2. The normalized spacial score (nSPS) is 9.96. The Morgan fingerprint density at radius 2 is 1.83 bits per heavy atom. The Labute approximate surface area is 140 Å². The Morgan fingerprint density at radius 1 is 1.04 bits per heavy atom. The molecule has 0 heterocycles. The van der Waals surface area contributed by atoms with Crippen LogP contribution in [0.3, 0.4) is 0 Å². The molecule has 2 rings (SSSR count). The molecule has 0 aromatic heterocycles. The molecule has 2 aromatic rings. The summed E-state index contributed by atoms with van der Waals surface area (Å²) in [5.74, 6) is 0.0295. The Hall–Kier alpha value is -3.02. The van der Waals surface area contributed by atoms with Crippen LogP contribution in [-0.4, -0.2) is 32.7 Å². The van der Waals surface area contributed by atoms with Crippen molar-refractivity contribution in [2.24, 2.45) is 0 Å². The van der Waals surface area contributed by atoms with Gasteiger partial charge in [-0.05, 0) is 42.8 Å². The van der Waals surface area contributed by atoms with Crippen molar-refractivity contribution in [3.8, 4) is 11.5 Å². The molecule has 126 valence electrons.